The number of fused-ring (bicyclic) bond motifs is 1. The fourth-order valence-electron chi connectivity index (χ4n) is 4.57. The number of benzene rings is 3. The quantitative estimate of drug-likeness (QED) is 0.279. The van der Waals surface area contributed by atoms with E-state index in [4.69, 9.17) is 4.74 Å². The summed E-state index contributed by atoms with van der Waals surface area (Å²) in [5.74, 6) is 0.443. The topological polar surface area (TPSA) is 122 Å². The van der Waals surface area contributed by atoms with Crippen molar-refractivity contribution in [3.8, 4) is 22.6 Å². The Hall–Kier alpha value is -3.93. The van der Waals surface area contributed by atoms with Crippen molar-refractivity contribution in [1.82, 2.24) is 14.3 Å². The Kier molecular flexibility index (Phi) is 7.30. The first-order chi connectivity index (χ1) is 18.7. The molecule has 200 valence electrons. The molecule has 9 nitrogen and oxygen atoms in total. The molecule has 0 aliphatic heterocycles. The first-order valence-electron chi connectivity index (χ1n) is 12.0. The molecule has 1 heterocycles. The van der Waals surface area contributed by atoms with E-state index in [9.17, 15) is 18.0 Å². The van der Waals surface area contributed by atoms with Gasteiger partial charge in [-0.05, 0) is 80.5 Å². The van der Waals surface area contributed by atoms with Crippen molar-refractivity contribution < 1.29 is 13.2 Å². The number of H-pyrrole nitrogens is 1. The number of anilines is 1. The van der Waals surface area contributed by atoms with Gasteiger partial charge in [-0.25, -0.2) is 17.9 Å². The number of allylic oxidation sites excluding steroid dienone is 1. The molecule has 0 saturated heterocycles. The van der Waals surface area contributed by atoms with E-state index < -0.39 is 21.3 Å². The van der Waals surface area contributed by atoms with Crippen LogP contribution in [0.5, 0.6) is 5.75 Å². The predicted octanol–water partition coefficient (Wildman–Crippen LogP) is 3.92. The van der Waals surface area contributed by atoms with Gasteiger partial charge in [-0.15, -0.1) is 0 Å². The maximum absolute atomic E-state index is 12.8. The Bertz CT molecular complexity index is 1830. The third kappa shape index (κ3) is 5.20. The average Bonchev–Trinajstić information content (AvgIpc) is 3.34. The van der Waals surface area contributed by atoms with E-state index in [-0.39, 0.29) is 11.4 Å². The number of hydrogen-bond acceptors (Lipinski definition) is 6. The number of nitrogens with one attached hydrogen (secondary N) is 3. The lowest BCUT2D eigenvalue weighted by molar-refractivity contribution is 0.410. The molecule has 0 unspecified atom stereocenters. The maximum atomic E-state index is 12.8. The largest absolute Gasteiger partial charge is 0.493 e. The molecule has 1 aliphatic rings. The third-order valence-corrected chi connectivity index (χ3v) is 8.80. The Balaban J connectivity index is 1.39. The molecule has 5 rings (SSSR count). The molecular formula is C28H25BrN4O5S. The number of sulfonamides is 1. The Morgan fingerprint density at radius 1 is 1.03 bits per heavy atom. The normalized spacial score (nSPS) is 12.6. The molecule has 3 N–H and O–H groups in total. The highest BCUT2D eigenvalue weighted by Gasteiger charge is 2.21. The third-order valence-electron chi connectivity index (χ3n) is 6.60. The summed E-state index contributed by atoms with van der Waals surface area (Å²) in [4.78, 5) is 26.3. The van der Waals surface area contributed by atoms with Gasteiger partial charge in [-0.3, -0.25) is 14.3 Å². The van der Waals surface area contributed by atoms with E-state index in [2.05, 4.69) is 37.0 Å². The number of rotatable bonds is 8. The number of ether oxygens (including phenoxy) is 1. The summed E-state index contributed by atoms with van der Waals surface area (Å²) >= 11 is 3.63. The molecule has 39 heavy (non-hydrogen) atoms. The van der Waals surface area contributed by atoms with Crippen LogP contribution in [0, 0.1) is 0 Å². The molecular weight excluding hydrogens is 584 g/mol. The summed E-state index contributed by atoms with van der Waals surface area (Å²) in [6.07, 6.45) is 4.11. The van der Waals surface area contributed by atoms with Gasteiger partial charge in [0.15, 0.2) is 5.75 Å². The second kappa shape index (κ2) is 10.7. The number of methoxy groups -OCH3 is 1. The standard InChI is InChI=1S/C28H25BrN4O5S/c1-30-20-6-8-21(9-7-20)39(36,37)31-16-19-4-3-17-15-18(5-10-22(17)19)23-11-12-24(27(38-2)26(23)29)33-14-13-25(34)32-28(33)35/h4-15,30-31H,3,16H2,1-2H3,(H,32,34,35). The van der Waals surface area contributed by atoms with Crippen LogP contribution in [-0.2, 0) is 16.4 Å². The molecule has 0 bridgehead atoms. The minimum Gasteiger partial charge on any atom is -0.493 e. The van der Waals surface area contributed by atoms with Crippen LogP contribution in [0.1, 0.15) is 11.1 Å². The van der Waals surface area contributed by atoms with Crippen molar-refractivity contribution in [3.05, 3.63) is 109 Å². The SMILES string of the molecule is CNc1ccc(S(=O)(=O)NCC2=CCc3cc(-c4ccc(-n5ccc(=O)[nH]c5=O)c(OC)c4Br)ccc32)cc1. The summed E-state index contributed by atoms with van der Waals surface area (Å²) in [6, 6.07) is 17.5. The van der Waals surface area contributed by atoms with Gasteiger partial charge in [0, 0.05) is 31.5 Å². The van der Waals surface area contributed by atoms with Crippen molar-refractivity contribution in [2.75, 3.05) is 26.0 Å². The van der Waals surface area contributed by atoms with Gasteiger partial charge in [-0.2, -0.15) is 0 Å². The van der Waals surface area contributed by atoms with Crippen LogP contribution < -0.4 is 26.0 Å². The zero-order valence-electron chi connectivity index (χ0n) is 21.1. The first-order valence-corrected chi connectivity index (χ1v) is 14.3. The molecule has 0 fully saturated rings. The van der Waals surface area contributed by atoms with E-state index in [0.29, 0.717) is 22.3 Å². The number of aromatic amines is 1. The zero-order chi connectivity index (χ0) is 27.7. The fraction of sp³-hybridized carbons (Fsp3) is 0.143. The molecule has 4 aromatic rings. The van der Waals surface area contributed by atoms with Crippen LogP contribution in [0.15, 0.2) is 91.9 Å². The summed E-state index contributed by atoms with van der Waals surface area (Å²) in [5, 5.41) is 2.97. The Morgan fingerprint density at radius 2 is 1.77 bits per heavy atom. The molecule has 3 aromatic carbocycles. The molecule has 0 atom stereocenters. The number of halogens is 1. The van der Waals surface area contributed by atoms with Gasteiger partial charge < -0.3 is 10.1 Å². The molecule has 0 radical (unpaired) electrons. The number of hydrogen-bond donors (Lipinski definition) is 3. The van der Waals surface area contributed by atoms with E-state index >= 15 is 0 Å². The van der Waals surface area contributed by atoms with Crippen molar-refractivity contribution >= 4 is 37.2 Å². The van der Waals surface area contributed by atoms with Crippen LogP contribution in [0.25, 0.3) is 22.4 Å². The summed E-state index contributed by atoms with van der Waals surface area (Å²) < 4.78 is 35.9. The van der Waals surface area contributed by atoms with E-state index in [1.807, 2.05) is 24.3 Å². The fourth-order valence-corrected chi connectivity index (χ4v) is 6.30. The van der Waals surface area contributed by atoms with Crippen molar-refractivity contribution in [2.45, 2.75) is 11.3 Å². The van der Waals surface area contributed by atoms with Gasteiger partial charge in [-0.1, -0.05) is 30.3 Å². The molecule has 11 heteroatoms. The van der Waals surface area contributed by atoms with Gasteiger partial charge >= 0.3 is 5.69 Å². The number of nitrogens with zero attached hydrogens (tertiary/aromatic N) is 1. The second-order valence-electron chi connectivity index (χ2n) is 8.86. The van der Waals surface area contributed by atoms with Crippen molar-refractivity contribution in [1.29, 1.82) is 0 Å². The molecule has 0 saturated carbocycles. The van der Waals surface area contributed by atoms with Crippen LogP contribution in [0.4, 0.5) is 5.69 Å². The maximum Gasteiger partial charge on any atom is 0.333 e. The van der Waals surface area contributed by atoms with E-state index in [1.165, 1.54) is 23.9 Å². The minimum atomic E-state index is -3.65. The lowest BCUT2D eigenvalue weighted by Crippen LogP contribution is -2.27. The summed E-state index contributed by atoms with van der Waals surface area (Å²) in [7, 11) is -0.365. The molecule has 1 aromatic heterocycles. The van der Waals surface area contributed by atoms with Gasteiger partial charge in [0.05, 0.1) is 22.2 Å². The highest BCUT2D eigenvalue weighted by atomic mass is 79.9. The van der Waals surface area contributed by atoms with Gasteiger partial charge in [0.25, 0.3) is 5.56 Å². The minimum absolute atomic E-state index is 0.183. The van der Waals surface area contributed by atoms with Crippen LogP contribution in [-0.4, -0.2) is 38.7 Å². The van der Waals surface area contributed by atoms with E-state index in [1.54, 1.807) is 37.4 Å². The lowest BCUT2D eigenvalue weighted by atomic mass is 9.98. The predicted molar refractivity (Wildman–Crippen MR) is 155 cm³/mol. The van der Waals surface area contributed by atoms with E-state index in [0.717, 1.165) is 33.5 Å². The highest BCUT2D eigenvalue weighted by Crippen LogP contribution is 2.41. The Labute approximate surface area is 233 Å². The molecule has 0 spiro atoms. The smallest absolute Gasteiger partial charge is 0.333 e. The van der Waals surface area contributed by atoms with Crippen LogP contribution >= 0.6 is 15.9 Å². The second-order valence-corrected chi connectivity index (χ2v) is 11.4. The Morgan fingerprint density at radius 3 is 2.46 bits per heavy atom. The summed E-state index contributed by atoms with van der Waals surface area (Å²) in [6.45, 7) is 0.183. The number of aromatic nitrogens is 2. The van der Waals surface area contributed by atoms with Crippen molar-refractivity contribution in [2.24, 2.45) is 0 Å². The first kappa shape index (κ1) is 26.7. The highest BCUT2D eigenvalue weighted by molar-refractivity contribution is 9.10. The zero-order valence-corrected chi connectivity index (χ0v) is 23.5. The van der Waals surface area contributed by atoms with Gasteiger partial charge in [0.2, 0.25) is 10.0 Å². The monoisotopic (exact) mass is 608 g/mol. The molecule has 1 aliphatic carbocycles. The summed E-state index contributed by atoms with van der Waals surface area (Å²) in [5.41, 5.74) is 5.04. The average molecular weight is 610 g/mol. The van der Waals surface area contributed by atoms with Crippen LogP contribution in [0.3, 0.4) is 0 Å². The molecule has 0 amide bonds. The van der Waals surface area contributed by atoms with Gasteiger partial charge in [0.1, 0.15) is 0 Å². The van der Waals surface area contributed by atoms with Crippen molar-refractivity contribution in [3.63, 3.8) is 0 Å². The van der Waals surface area contributed by atoms with Crippen LogP contribution in [0.2, 0.25) is 0 Å². The lowest BCUT2D eigenvalue weighted by Gasteiger charge is -2.16.